The lowest BCUT2D eigenvalue weighted by molar-refractivity contribution is -0.136. The molecule has 0 aliphatic heterocycles. The lowest BCUT2D eigenvalue weighted by atomic mass is 9.95. The summed E-state index contributed by atoms with van der Waals surface area (Å²) in [6, 6.07) is 5.10. The first-order chi connectivity index (χ1) is 13.7. The van der Waals surface area contributed by atoms with Gasteiger partial charge in [0, 0.05) is 10.0 Å². The van der Waals surface area contributed by atoms with Crippen LogP contribution in [0.1, 0.15) is 36.5 Å². The van der Waals surface area contributed by atoms with E-state index in [-0.39, 0.29) is 24.6 Å². The van der Waals surface area contributed by atoms with E-state index in [1.165, 1.54) is 0 Å². The smallest absolute Gasteiger partial charge is 0.305 e. The number of aliphatic carboxylic acids is 1. The first kappa shape index (κ1) is 21.2. The van der Waals surface area contributed by atoms with Gasteiger partial charge in [-0.15, -0.1) is 0 Å². The number of hydrogen-bond acceptors (Lipinski definition) is 6. The van der Waals surface area contributed by atoms with Gasteiger partial charge in [-0.1, -0.05) is 34.4 Å². The van der Waals surface area contributed by atoms with Gasteiger partial charge in [0.05, 0.1) is 24.1 Å². The number of aromatic nitrogens is 2. The third kappa shape index (κ3) is 4.73. The van der Waals surface area contributed by atoms with Crippen LogP contribution < -0.4 is 5.73 Å². The molecule has 154 valence electrons. The minimum absolute atomic E-state index is 0.110. The lowest BCUT2D eigenvalue weighted by Gasteiger charge is -2.13. The molecule has 0 spiro atoms. The number of allylic oxidation sites excluding steroid dienone is 2. The zero-order valence-electron chi connectivity index (χ0n) is 14.9. The van der Waals surface area contributed by atoms with Gasteiger partial charge in [-0.05, 0) is 36.6 Å². The molecule has 7 nitrogen and oxygen atoms in total. The maximum absolute atomic E-state index is 12.8. The van der Waals surface area contributed by atoms with Crippen LogP contribution in [-0.4, -0.2) is 39.9 Å². The molecule has 2 aromatic rings. The number of carboxylic acid groups (broad SMARTS) is 1. The third-order valence-corrected chi connectivity index (χ3v) is 4.98. The normalized spacial score (nSPS) is 16.3. The number of carbonyl (C=O) groups is 1. The van der Waals surface area contributed by atoms with E-state index in [1.807, 2.05) is 0 Å². The molecule has 29 heavy (non-hydrogen) atoms. The molecule has 11 heteroatoms. The van der Waals surface area contributed by atoms with Crippen molar-refractivity contribution in [2.24, 2.45) is 10.7 Å². The van der Waals surface area contributed by atoms with Crippen LogP contribution in [0, 0.1) is 0 Å². The molecule has 1 aliphatic rings. The minimum Gasteiger partial charge on any atom is -0.481 e. The van der Waals surface area contributed by atoms with E-state index in [4.69, 9.17) is 38.6 Å². The Kier molecular flexibility index (Phi) is 6.18. The lowest BCUT2D eigenvalue weighted by Crippen LogP contribution is -2.14. The molecule has 3 N–H and O–H groups in total. The molecular formula is C18H16Cl2F2N4O3. The largest absolute Gasteiger partial charge is 0.481 e. The number of alkyl halides is 2. The van der Waals surface area contributed by atoms with Crippen molar-refractivity contribution in [3.63, 3.8) is 0 Å². The van der Waals surface area contributed by atoms with Gasteiger partial charge in [-0.3, -0.25) is 9.79 Å². The Balaban J connectivity index is 1.94. The van der Waals surface area contributed by atoms with Gasteiger partial charge in [0.25, 0.3) is 12.3 Å². The summed E-state index contributed by atoms with van der Waals surface area (Å²) in [7, 11) is 0. The number of benzene rings is 1. The second-order valence-corrected chi connectivity index (χ2v) is 7.33. The number of hydrogen-bond donors (Lipinski definition) is 2. The van der Waals surface area contributed by atoms with Crippen LogP contribution in [0.5, 0.6) is 0 Å². The van der Waals surface area contributed by atoms with E-state index < -0.39 is 23.5 Å². The van der Waals surface area contributed by atoms with Gasteiger partial charge in [0.15, 0.2) is 5.82 Å². The molecule has 0 radical (unpaired) electrons. The first-order valence-electron chi connectivity index (χ1n) is 8.54. The highest BCUT2D eigenvalue weighted by Gasteiger charge is 2.51. The average molecular weight is 445 g/mol. The molecular weight excluding hydrogens is 429 g/mol. The molecule has 1 aromatic carbocycles. The highest BCUT2D eigenvalue weighted by Crippen LogP contribution is 2.54. The molecule has 1 saturated carbocycles. The molecule has 3 rings (SSSR count). The van der Waals surface area contributed by atoms with E-state index >= 15 is 0 Å². The number of rotatable bonds is 8. The van der Waals surface area contributed by atoms with E-state index in [9.17, 15) is 13.6 Å². The van der Waals surface area contributed by atoms with Crippen molar-refractivity contribution >= 4 is 34.9 Å². The number of aliphatic imine (C=N–C) groups is 1. The second-order valence-electron chi connectivity index (χ2n) is 6.49. The van der Waals surface area contributed by atoms with Crippen molar-refractivity contribution in [3.05, 3.63) is 57.3 Å². The van der Waals surface area contributed by atoms with E-state index in [0.717, 1.165) is 11.6 Å². The van der Waals surface area contributed by atoms with Crippen LogP contribution in [0.15, 0.2) is 39.5 Å². The zero-order valence-corrected chi connectivity index (χ0v) is 16.4. The Morgan fingerprint density at radius 1 is 1.41 bits per heavy atom. The quantitative estimate of drug-likeness (QED) is 0.597. The van der Waals surface area contributed by atoms with Gasteiger partial charge >= 0.3 is 5.97 Å². The second kappa shape index (κ2) is 8.46. The van der Waals surface area contributed by atoms with Gasteiger partial charge < -0.3 is 15.4 Å². The maximum atomic E-state index is 12.8. The van der Waals surface area contributed by atoms with E-state index in [2.05, 4.69) is 15.1 Å². The predicted octanol–water partition coefficient (Wildman–Crippen LogP) is 3.83. The van der Waals surface area contributed by atoms with Crippen LogP contribution in [-0.2, 0) is 10.2 Å². The van der Waals surface area contributed by atoms with Crippen molar-refractivity contribution in [2.75, 3.05) is 6.54 Å². The molecule has 0 unspecified atom stereocenters. The van der Waals surface area contributed by atoms with Gasteiger partial charge in [-0.2, -0.15) is 4.98 Å². The SMILES string of the molecule is N/C(=C\C(=NCCC(=O)O)c1nc(C2(c3ccc(Cl)cc3Cl)CC2)no1)C(F)F. The first-order valence-corrected chi connectivity index (χ1v) is 9.30. The number of nitrogens with two attached hydrogens (primary N) is 1. The van der Waals surface area contributed by atoms with Crippen LogP contribution in [0.3, 0.4) is 0 Å². The Labute approximate surface area is 174 Å². The van der Waals surface area contributed by atoms with Gasteiger partial charge in [0.1, 0.15) is 5.71 Å². The summed E-state index contributed by atoms with van der Waals surface area (Å²) >= 11 is 12.3. The van der Waals surface area contributed by atoms with Crippen LogP contribution in [0.2, 0.25) is 10.0 Å². The Bertz CT molecular complexity index is 987. The van der Waals surface area contributed by atoms with E-state index in [1.54, 1.807) is 18.2 Å². The van der Waals surface area contributed by atoms with Crippen LogP contribution in [0.25, 0.3) is 0 Å². The highest BCUT2D eigenvalue weighted by atomic mass is 35.5. The fourth-order valence-electron chi connectivity index (χ4n) is 2.81. The third-order valence-electron chi connectivity index (χ3n) is 4.43. The summed E-state index contributed by atoms with van der Waals surface area (Å²) in [5.74, 6) is -0.892. The minimum atomic E-state index is -2.91. The molecule has 0 amide bonds. The molecule has 1 heterocycles. The summed E-state index contributed by atoms with van der Waals surface area (Å²) in [6.07, 6.45) is -0.873. The fraction of sp³-hybridized carbons (Fsp3) is 0.333. The maximum Gasteiger partial charge on any atom is 0.305 e. The predicted molar refractivity (Wildman–Crippen MR) is 103 cm³/mol. The number of halogens is 4. The molecule has 0 saturated heterocycles. The summed E-state index contributed by atoms with van der Waals surface area (Å²) in [5.41, 5.74) is 4.67. The summed E-state index contributed by atoms with van der Waals surface area (Å²) < 4.78 is 30.9. The monoisotopic (exact) mass is 444 g/mol. The number of carboxylic acids is 1. The van der Waals surface area contributed by atoms with Crippen molar-refractivity contribution in [1.29, 1.82) is 0 Å². The van der Waals surface area contributed by atoms with Crippen LogP contribution >= 0.6 is 23.2 Å². The van der Waals surface area contributed by atoms with Crippen LogP contribution in [0.4, 0.5) is 8.78 Å². The average Bonchev–Trinajstić information content (AvgIpc) is 3.28. The van der Waals surface area contributed by atoms with Crippen molar-refractivity contribution < 1.29 is 23.2 Å². The molecule has 0 bridgehead atoms. The molecule has 1 aliphatic carbocycles. The summed E-state index contributed by atoms with van der Waals surface area (Å²) in [4.78, 5) is 19.0. The van der Waals surface area contributed by atoms with E-state index in [0.29, 0.717) is 28.7 Å². The van der Waals surface area contributed by atoms with Gasteiger partial charge in [0.2, 0.25) is 0 Å². The number of nitrogens with zero attached hydrogens (tertiary/aromatic N) is 3. The molecule has 1 fully saturated rings. The molecule has 1 aromatic heterocycles. The highest BCUT2D eigenvalue weighted by molar-refractivity contribution is 6.35. The zero-order chi connectivity index (χ0) is 21.2. The van der Waals surface area contributed by atoms with Crippen molar-refractivity contribution in [3.8, 4) is 0 Å². The summed E-state index contributed by atoms with van der Waals surface area (Å²) in [5, 5.41) is 13.7. The topological polar surface area (TPSA) is 115 Å². The Morgan fingerprint density at radius 2 is 2.14 bits per heavy atom. The molecule has 0 atom stereocenters. The van der Waals surface area contributed by atoms with Crippen molar-refractivity contribution in [1.82, 2.24) is 10.1 Å². The fourth-order valence-corrected chi connectivity index (χ4v) is 3.40. The van der Waals surface area contributed by atoms with Gasteiger partial charge in [-0.25, -0.2) is 8.78 Å². The summed E-state index contributed by atoms with van der Waals surface area (Å²) in [6.45, 7) is -0.163. The Morgan fingerprint density at radius 3 is 2.72 bits per heavy atom. The Hall–Kier alpha value is -2.52. The van der Waals surface area contributed by atoms with Crippen molar-refractivity contribution in [2.45, 2.75) is 31.1 Å². The standard InChI is InChI=1S/C18H16Cl2F2N4O3/c19-9-1-2-10(11(20)7-9)18(4-5-18)17-25-16(29-26-17)13(8-12(23)15(21)22)24-6-3-14(27)28/h1-2,7-8,15H,3-6,23H2,(H,27,28)/b12-8-,24-13?.